The Hall–Kier alpha value is -2.14. The fraction of sp³-hybridized carbons (Fsp3) is 0.565. The van der Waals surface area contributed by atoms with Gasteiger partial charge in [0.15, 0.2) is 0 Å². The van der Waals surface area contributed by atoms with Crippen molar-refractivity contribution in [1.29, 1.82) is 0 Å². The molecule has 2 aliphatic rings. The Labute approximate surface area is 167 Å². The largest absolute Gasteiger partial charge is 0.361 e. The Morgan fingerprint density at radius 3 is 2.50 bits per heavy atom. The molecule has 2 aliphatic heterocycles. The van der Waals surface area contributed by atoms with Gasteiger partial charge in [-0.3, -0.25) is 9.69 Å². The number of carbonyl (C=O) groups is 1. The van der Waals surface area contributed by atoms with Crippen molar-refractivity contribution in [3.63, 3.8) is 0 Å². The molecule has 0 saturated carbocycles. The van der Waals surface area contributed by atoms with Crippen LogP contribution in [-0.2, 0) is 11.3 Å². The number of benzene rings is 1. The number of aryl methyl sites for hydroxylation is 2. The van der Waals surface area contributed by atoms with Gasteiger partial charge in [0.05, 0.1) is 11.6 Å². The number of likely N-dealkylation sites (tertiary alicyclic amines) is 2. The minimum Gasteiger partial charge on any atom is -0.361 e. The number of carbonyl (C=O) groups excluding carboxylic acids is 1. The summed E-state index contributed by atoms with van der Waals surface area (Å²) in [5, 5.41) is 4.09. The summed E-state index contributed by atoms with van der Waals surface area (Å²) >= 11 is 0. The Morgan fingerprint density at radius 2 is 1.89 bits per heavy atom. The number of hydrogen-bond donors (Lipinski definition) is 0. The van der Waals surface area contributed by atoms with Gasteiger partial charge in [0.25, 0.3) is 0 Å². The molecule has 0 bridgehead atoms. The van der Waals surface area contributed by atoms with Crippen molar-refractivity contribution in [2.75, 3.05) is 26.2 Å². The molecule has 4 rings (SSSR count). The van der Waals surface area contributed by atoms with Crippen LogP contribution < -0.4 is 0 Å². The van der Waals surface area contributed by atoms with Crippen molar-refractivity contribution >= 4 is 5.91 Å². The number of nitrogens with zero attached hydrogens (tertiary/aromatic N) is 3. The van der Waals surface area contributed by atoms with E-state index in [4.69, 9.17) is 4.52 Å². The third-order valence-electron chi connectivity index (χ3n) is 6.84. The molecule has 5 heteroatoms. The highest BCUT2D eigenvalue weighted by Gasteiger charge is 2.45. The fourth-order valence-corrected chi connectivity index (χ4v) is 5.00. The summed E-state index contributed by atoms with van der Waals surface area (Å²) in [4.78, 5) is 17.6. The standard InChI is InChI=1S/C23H31N3O2/c1-4-26-16-23(14-20(22(26)27)19-8-6-5-7-9-19)10-12-25(13-11-23)15-21-17(2)24-28-18(21)3/h5-9,20H,4,10-16H2,1-3H3/t20-/m1/s1. The number of piperidine rings is 2. The van der Waals surface area contributed by atoms with Gasteiger partial charge in [-0.25, -0.2) is 0 Å². The maximum atomic E-state index is 13.0. The first-order valence-corrected chi connectivity index (χ1v) is 10.5. The van der Waals surface area contributed by atoms with Gasteiger partial charge in [0.1, 0.15) is 5.76 Å². The maximum absolute atomic E-state index is 13.0. The number of likely N-dealkylation sites (N-methyl/N-ethyl adjacent to an activating group) is 1. The summed E-state index contributed by atoms with van der Waals surface area (Å²) in [5.41, 5.74) is 3.64. The molecule has 2 fully saturated rings. The van der Waals surface area contributed by atoms with Crippen LogP contribution in [0.3, 0.4) is 0 Å². The Morgan fingerprint density at radius 1 is 1.18 bits per heavy atom. The minimum atomic E-state index is 0.00372. The lowest BCUT2D eigenvalue weighted by Crippen LogP contribution is -2.53. The van der Waals surface area contributed by atoms with Gasteiger partial charge in [-0.1, -0.05) is 35.5 Å². The highest BCUT2D eigenvalue weighted by molar-refractivity contribution is 5.84. The summed E-state index contributed by atoms with van der Waals surface area (Å²) in [6, 6.07) is 10.3. The molecule has 150 valence electrons. The summed E-state index contributed by atoms with van der Waals surface area (Å²) in [5.74, 6) is 1.24. The van der Waals surface area contributed by atoms with E-state index in [1.807, 2.05) is 32.0 Å². The van der Waals surface area contributed by atoms with Crippen molar-refractivity contribution in [2.45, 2.75) is 52.5 Å². The molecule has 5 nitrogen and oxygen atoms in total. The van der Waals surface area contributed by atoms with Crippen LogP contribution in [0.1, 0.15) is 54.7 Å². The summed E-state index contributed by atoms with van der Waals surface area (Å²) in [7, 11) is 0. The van der Waals surface area contributed by atoms with Crippen molar-refractivity contribution in [3.05, 3.63) is 52.9 Å². The second kappa shape index (κ2) is 7.70. The average molecular weight is 382 g/mol. The predicted molar refractivity (Wildman–Crippen MR) is 109 cm³/mol. The number of hydrogen-bond acceptors (Lipinski definition) is 4. The number of rotatable bonds is 4. The van der Waals surface area contributed by atoms with Crippen LogP contribution in [-0.4, -0.2) is 47.0 Å². The third-order valence-corrected chi connectivity index (χ3v) is 6.84. The molecular weight excluding hydrogens is 350 g/mol. The van der Waals surface area contributed by atoms with Crippen LogP contribution in [0, 0.1) is 19.3 Å². The van der Waals surface area contributed by atoms with Crippen LogP contribution in [0.2, 0.25) is 0 Å². The highest BCUT2D eigenvalue weighted by Crippen LogP contribution is 2.45. The van der Waals surface area contributed by atoms with E-state index in [0.29, 0.717) is 5.91 Å². The molecule has 0 aliphatic carbocycles. The van der Waals surface area contributed by atoms with Gasteiger partial charge in [0.2, 0.25) is 5.91 Å². The zero-order chi connectivity index (χ0) is 19.7. The quantitative estimate of drug-likeness (QED) is 0.806. The zero-order valence-electron chi connectivity index (χ0n) is 17.3. The lowest BCUT2D eigenvalue weighted by Gasteiger charge is -2.49. The van der Waals surface area contributed by atoms with Gasteiger partial charge < -0.3 is 9.42 Å². The molecule has 0 unspecified atom stereocenters. The molecule has 1 spiro atoms. The van der Waals surface area contributed by atoms with Crippen LogP contribution in [0.15, 0.2) is 34.9 Å². The van der Waals surface area contributed by atoms with E-state index >= 15 is 0 Å². The van der Waals surface area contributed by atoms with E-state index in [-0.39, 0.29) is 11.3 Å². The van der Waals surface area contributed by atoms with Crippen LogP contribution in [0.4, 0.5) is 0 Å². The van der Waals surface area contributed by atoms with Gasteiger partial charge in [-0.15, -0.1) is 0 Å². The molecule has 1 atom stereocenters. The number of amides is 1. The molecule has 2 aromatic rings. The van der Waals surface area contributed by atoms with Gasteiger partial charge in [-0.05, 0) is 64.1 Å². The van der Waals surface area contributed by atoms with Crippen LogP contribution in [0.25, 0.3) is 0 Å². The lowest BCUT2D eigenvalue weighted by molar-refractivity contribution is -0.141. The summed E-state index contributed by atoms with van der Waals surface area (Å²) in [6.45, 7) is 10.9. The highest BCUT2D eigenvalue weighted by atomic mass is 16.5. The summed E-state index contributed by atoms with van der Waals surface area (Å²) < 4.78 is 5.33. The minimum absolute atomic E-state index is 0.00372. The Bertz CT molecular complexity index is 802. The van der Waals surface area contributed by atoms with E-state index in [0.717, 1.165) is 63.4 Å². The van der Waals surface area contributed by atoms with E-state index in [1.54, 1.807) is 0 Å². The maximum Gasteiger partial charge on any atom is 0.230 e. The first-order chi connectivity index (χ1) is 13.5. The first kappa shape index (κ1) is 19.2. The van der Waals surface area contributed by atoms with E-state index < -0.39 is 0 Å². The second-order valence-electron chi connectivity index (χ2n) is 8.60. The molecule has 1 aromatic carbocycles. The molecular formula is C23H31N3O2. The fourth-order valence-electron chi connectivity index (χ4n) is 5.00. The molecule has 3 heterocycles. The second-order valence-corrected chi connectivity index (χ2v) is 8.60. The first-order valence-electron chi connectivity index (χ1n) is 10.5. The molecule has 2 saturated heterocycles. The van der Waals surface area contributed by atoms with Crippen molar-refractivity contribution in [2.24, 2.45) is 5.41 Å². The third kappa shape index (κ3) is 3.60. The topological polar surface area (TPSA) is 49.6 Å². The monoisotopic (exact) mass is 381 g/mol. The SMILES string of the molecule is CCN1CC2(CCN(Cc3c(C)noc3C)CC2)C[C@H](c2ccccc2)C1=O. The van der Waals surface area contributed by atoms with E-state index in [9.17, 15) is 4.79 Å². The van der Waals surface area contributed by atoms with Gasteiger partial charge >= 0.3 is 0 Å². The molecule has 28 heavy (non-hydrogen) atoms. The molecule has 0 radical (unpaired) electrons. The number of aromatic nitrogens is 1. The Balaban J connectivity index is 1.48. The predicted octanol–water partition coefficient (Wildman–Crippen LogP) is 3.91. The van der Waals surface area contributed by atoms with Crippen LogP contribution in [0.5, 0.6) is 0 Å². The van der Waals surface area contributed by atoms with E-state index in [1.165, 1.54) is 11.1 Å². The van der Waals surface area contributed by atoms with Crippen molar-refractivity contribution in [3.8, 4) is 0 Å². The van der Waals surface area contributed by atoms with Gasteiger partial charge in [-0.2, -0.15) is 0 Å². The lowest BCUT2D eigenvalue weighted by atomic mass is 9.67. The zero-order valence-corrected chi connectivity index (χ0v) is 17.3. The Kier molecular flexibility index (Phi) is 5.28. The molecule has 1 aromatic heterocycles. The van der Waals surface area contributed by atoms with Crippen molar-refractivity contribution < 1.29 is 9.32 Å². The van der Waals surface area contributed by atoms with Gasteiger partial charge in [0, 0.05) is 25.2 Å². The smallest absolute Gasteiger partial charge is 0.230 e. The van der Waals surface area contributed by atoms with E-state index in [2.05, 4.69) is 34.0 Å². The average Bonchev–Trinajstić information content (AvgIpc) is 3.04. The van der Waals surface area contributed by atoms with Crippen molar-refractivity contribution in [1.82, 2.24) is 15.0 Å². The summed E-state index contributed by atoms with van der Waals surface area (Å²) in [6.07, 6.45) is 3.26. The molecule has 0 N–H and O–H groups in total. The normalized spacial score (nSPS) is 22.8. The molecule has 1 amide bonds. The van der Waals surface area contributed by atoms with Crippen LogP contribution >= 0.6 is 0 Å².